The molecule has 1 aromatic heterocycles. The van der Waals surface area contributed by atoms with Crippen molar-refractivity contribution in [2.75, 3.05) is 5.32 Å². The summed E-state index contributed by atoms with van der Waals surface area (Å²) >= 11 is 6.13. The molecule has 3 rings (SSSR count). The van der Waals surface area contributed by atoms with Gasteiger partial charge in [0.1, 0.15) is 11.4 Å². The van der Waals surface area contributed by atoms with Crippen LogP contribution in [0.2, 0.25) is 5.28 Å². The van der Waals surface area contributed by atoms with Crippen molar-refractivity contribution >= 4 is 29.2 Å². The fourth-order valence-corrected chi connectivity index (χ4v) is 3.89. The third-order valence-electron chi connectivity index (χ3n) is 5.27. The fourth-order valence-electron chi connectivity index (χ4n) is 3.71. The number of aromatic nitrogens is 2. The number of alkyl carbamates (subject to hydrolysis) is 1. The number of nitrogens with one attached hydrogen (secondary N) is 2. The van der Waals surface area contributed by atoms with Gasteiger partial charge in [0.15, 0.2) is 0 Å². The molecule has 0 unspecified atom stereocenters. The van der Waals surface area contributed by atoms with Crippen molar-refractivity contribution in [1.29, 1.82) is 0 Å². The second-order valence-electron chi connectivity index (χ2n) is 8.85. The Morgan fingerprint density at radius 2 is 1.80 bits per heavy atom. The molecule has 6 nitrogen and oxygen atoms in total. The SMILES string of the molecule is Cc1c(CNC(=O)OC(C)(C)C)nc(Cl)nc1Nc1ccc(C2CCCCC2)cc1. The molecule has 30 heavy (non-hydrogen) atoms. The van der Waals surface area contributed by atoms with Crippen LogP contribution in [-0.2, 0) is 11.3 Å². The van der Waals surface area contributed by atoms with Gasteiger partial charge < -0.3 is 15.4 Å². The van der Waals surface area contributed by atoms with Crippen molar-refractivity contribution in [2.24, 2.45) is 0 Å². The average Bonchev–Trinajstić information content (AvgIpc) is 2.69. The smallest absolute Gasteiger partial charge is 0.407 e. The summed E-state index contributed by atoms with van der Waals surface area (Å²) in [4.78, 5) is 20.5. The van der Waals surface area contributed by atoms with E-state index in [4.69, 9.17) is 16.3 Å². The molecule has 1 heterocycles. The van der Waals surface area contributed by atoms with Crippen molar-refractivity contribution < 1.29 is 9.53 Å². The van der Waals surface area contributed by atoms with E-state index < -0.39 is 11.7 Å². The molecule has 0 aliphatic heterocycles. The van der Waals surface area contributed by atoms with Gasteiger partial charge >= 0.3 is 6.09 Å². The number of ether oxygens (including phenoxy) is 1. The molecule has 1 aliphatic rings. The summed E-state index contributed by atoms with van der Waals surface area (Å²) in [6.07, 6.45) is 6.06. The number of hydrogen-bond donors (Lipinski definition) is 2. The summed E-state index contributed by atoms with van der Waals surface area (Å²) < 4.78 is 5.27. The summed E-state index contributed by atoms with van der Waals surface area (Å²) in [6, 6.07) is 8.55. The molecule has 1 amide bonds. The summed E-state index contributed by atoms with van der Waals surface area (Å²) in [5.41, 5.74) is 3.26. The number of carbonyl (C=O) groups is 1. The number of rotatable bonds is 5. The summed E-state index contributed by atoms with van der Waals surface area (Å²) in [6.45, 7) is 7.57. The van der Waals surface area contributed by atoms with E-state index in [2.05, 4.69) is 44.9 Å². The van der Waals surface area contributed by atoms with Gasteiger partial charge in [0, 0.05) is 11.3 Å². The third kappa shape index (κ3) is 6.33. The van der Waals surface area contributed by atoms with Crippen LogP contribution in [0.4, 0.5) is 16.3 Å². The second kappa shape index (κ2) is 9.65. The van der Waals surface area contributed by atoms with E-state index in [1.165, 1.54) is 37.7 Å². The highest BCUT2D eigenvalue weighted by Gasteiger charge is 2.18. The van der Waals surface area contributed by atoms with Crippen LogP contribution in [0.5, 0.6) is 0 Å². The van der Waals surface area contributed by atoms with Crippen LogP contribution < -0.4 is 10.6 Å². The predicted molar refractivity (Wildman–Crippen MR) is 120 cm³/mol. The van der Waals surface area contributed by atoms with Crippen LogP contribution >= 0.6 is 11.6 Å². The topological polar surface area (TPSA) is 76.1 Å². The van der Waals surface area contributed by atoms with Crippen molar-refractivity contribution in [1.82, 2.24) is 15.3 Å². The molecule has 2 N–H and O–H groups in total. The largest absolute Gasteiger partial charge is 0.444 e. The minimum Gasteiger partial charge on any atom is -0.444 e. The number of halogens is 1. The number of hydrogen-bond acceptors (Lipinski definition) is 5. The molecule has 1 aromatic carbocycles. The van der Waals surface area contributed by atoms with Gasteiger partial charge in [0.2, 0.25) is 5.28 Å². The maximum absolute atomic E-state index is 11.9. The fraction of sp³-hybridized carbons (Fsp3) is 0.522. The first-order chi connectivity index (χ1) is 14.2. The molecule has 0 atom stereocenters. The van der Waals surface area contributed by atoms with Gasteiger partial charge in [-0.25, -0.2) is 14.8 Å². The van der Waals surface area contributed by atoms with Gasteiger partial charge in [0.05, 0.1) is 12.2 Å². The summed E-state index contributed by atoms with van der Waals surface area (Å²) in [5.74, 6) is 1.30. The molecule has 1 saturated carbocycles. The number of carbonyl (C=O) groups excluding carboxylic acids is 1. The number of benzene rings is 1. The normalized spacial score (nSPS) is 15.0. The third-order valence-corrected chi connectivity index (χ3v) is 5.44. The highest BCUT2D eigenvalue weighted by atomic mass is 35.5. The van der Waals surface area contributed by atoms with Gasteiger partial charge in [-0.1, -0.05) is 31.4 Å². The zero-order chi connectivity index (χ0) is 21.7. The highest BCUT2D eigenvalue weighted by Crippen LogP contribution is 2.33. The standard InChI is InChI=1S/C23H31ClN4O2/c1-15-19(14-25-22(29)30-23(2,3)4)27-21(24)28-20(15)26-18-12-10-17(11-13-18)16-8-6-5-7-9-16/h10-13,16H,5-9,14H2,1-4H3,(H,25,29)(H,26,27,28). The minimum atomic E-state index is -0.557. The van der Waals surface area contributed by atoms with E-state index in [9.17, 15) is 4.79 Å². The van der Waals surface area contributed by atoms with E-state index in [1.807, 2.05) is 27.7 Å². The van der Waals surface area contributed by atoms with Gasteiger partial charge in [-0.15, -0.1) is 0 Å². The maximum Gasteiger partial charge on any atom is 0.407 e. The van der Waals surface area contributed by atoms with Crippen LogP contribution in [0.15, 0.2) is 24.3 Å². The van der Waals surface area contributed by atoms with Crippen LogP contribution in [0.25, 0.3) is 0 Å². The van der Waals surface area contributed by atoms with Crippen LogP contribution in [-0.4, -0.2) is 21.7 Å². The number of nitrogens with zero attached hydrogens (tertiary/aromatic N) is 2. The first kappa shape index (κ1) is 22.3. The monoisotopic (exact) mass is 430 g/mol. The first-order valence-corrected chi connectivity index (χ1v) is 11.0. The Morgan fingerprint density at radius 1 is 1.13 bits per heavy atom. The van der Waals surface area contributed by atoms with E-state index >= 15 is 0 Å². The minimum absolute atomic E-state index is 0.128. The first-order valence-electron chi connectivity index (χ1n) is 10.6. The van der Waals surface area contributed by atoms with E-state index in [0.29, 0.717) is 17.4 Å². The molecule has 0 bridgehead atoms. The summed E-state index contributed by atoms with van der Waals surface area (Å²) in [5, 5.41) is 6.18. The molecule has 7 heteroatoms. The van der Waals surface area contributed by atoms with Crippen LogP contribution in [0, 0.1) is 6.92 Å². The molecule has 0 spiro atoms. The predicted octanol–water partition coefficient (Wildman–Crippen LogP) is 6.25. The Bertz CT molecular complexity index is 872. The molecule has 1 fully saturated rings. The van der Waals surface area contributed by atoms with Gasteiger partial charge in [-0.2, -0.15) is 0 Å². The van der Waals surface area contributed by atoms with E-state index in [0.717, 1.165) is 11.3 Å². The molecule has 1 aliphatic carbocycles. The molecule has 0 saturated heterocycles. The van der Waals surface area contributed by atoms with Gasteiger partial charge in [-0.05, 0) is 75.8 Å². The number of amides is 1. The van der Waals surface area contributed by atoms with Crippen molar-refractivity contribution in [3.8, 4) is 0 Å². The number of anilines is 2. The zero-order valence-corrected chi connectivity index (χ0v) is 19.0. The lowest BCUT2D eigenvalue weighted by molar-refractivity contribution is 0.0523. The Hall–Kier alpha value is -2.34. The molecule has 2 aromatic rings. The Labute approximate surface area is 183 Å². The van der Waals surface area contributed by atoms with Crippen LogP contribution in [0.3, 0.4) is 0 Å². The zero-order valence-electron chi connectivity index (χ0n) is 18.2. The van der Waals surface area contributed by atoms with E-state index in [1.54, 1.807) is 0 Å². The molecule has 162 valence electrons. The highest BCUT2D eigenvalue weighted by molar-refractivity contribution is 6.28. The van der Waals surface area contributed by atoms with Gasteiger partial charge in [-0.3, -0.25) is 0 Å². The quantitative estimate of drug-likeness (QED) is 0.548. The second-order valence-corrected chi connectivity index (χ2v) is 9.19. The molecular weight excluding hydrogens is 400 g/mol. The van der Waals surface area contributed by atoms with Gasteiger partial charge in [0.25, 0.3) is 0 Å². The molecular formula is C23H31ClN4O2. The Morgan fingerprint density at radius 3 is 2.43 bits per heavy atom. The molecule has 0 radical (unpaired) electrons. The van der Waals surface area contributed by atoms with E-state index in [-0.39, 0.29) is 11.8 Å². The lowest BCUT2D eigenvalue weighted by Crippen LogP contribution is -2.32. The van der Waals surface area contributed by atoms with Crippen molar-refractivity contribution in [3.63, 3.8) is 0 Å². The lowest BCUT2D eigenvalue weighted by atomic mass is 9.84. The van der Waals surface area contributed by atoms with Crippen molar-refractivity contribution in [3.05, 3.63) is 46.4 Å². The average molecular weight is 431 g/mol. The Kier molecular flexibility index (Phi) is 7.19. The lowest BCUT2D eigenvalue weighted by Gasteiger charge is -2.22. The van der Waals surface area contributed by atoms with Crippen molar-refractivity contribution in [2.45, 2.75) is 77.9 Å². The maximum atomic E-state index is 11.9. The summed E-state index contributed by atoms with van der Waals surface area (Å²) in [7, 11) is 0. The van der Waals surface area contributed by atoms with Crippen LogP contribution in [0.1, 0.15) is 75.6 Å². The Balaban J connectivity index is 1.68.